The van der Waals surface area contributed by atoms with Crippen molar-refractivity contribution in [2.45, 2.75) is 0 Å². The number of methoxy groups -OCH3 is 3. The molecule has 0 saturated heterocycles. The molecule has 0 spiro atoms. The normalized spacial score (nSPS) is 11.6. The van der Waals surface area contributed by atoms with Gasteiger partial charge in [0.2, 0.25) is 0 Å². The summed E-state index contributed by atoms with van der Waals surface area (Å²) in [4.78, 5) is 11.0. The van der Waals surface area contributed by atoms with Crippen LogP contribution in [0.1, 0.15) is 0 Å². The van der Waals surface area contributed by atoms with Gasteiger partial charge in [-0.1, -0.05) is 0 Å². The molecule has 5 nitrogen and oxygen atoms in total. The van der Waals surface area contributed by atoms with Gasteiger partial charge in [0, 0.05) is 21.3 Å². The minimum atomic E-state index is -1.10. The van der Waals surface area contributed by atoms with Crippen molar-refractivity contribution in [2.75, 3.05) is 41.2 Å². The molecule has 0 aliphatic carbocycles. The summed E-state index contributed by atoms with van der Waals surface area (Å²) < 4.78 is 14.5. The van der Waals surface area contributed by atoms with Crippen LogP contribution in [0.3, 0.4) is 0 Å². The fourth-order valence-corrected chi connectivity index (χ4v) is 1.14. The van der Waals surface area contributed by atoms with Crippen LogP contribution < -0.4 is 0 Å². The number of carboxylic acids is 1. The summed E-state index contributed by atoms with van der Waals surface area (Å²) in [5.74, 6) is -0.974. The Balaban J connectivity index is 4.48. The summed E-state index contributed by atoms with van der Waals surface area (Å²) in [6, 6.07) is 0. The predicted octanol–water partition coefficient (Wildman–Crippen LogP) is -0.00340. The van der Waals surface area contributed by atoms with Crippen LogP contribution in [0.15, 0.2) is 0 Å². The fourth-order valence-electron chi connectivity index (χ4n) is 1.14. The summed E-state index contributed by atoms with van der Waals surface area (Å²) in [5, 5.41) is 8.98. The maximum absolute atomic E-state index is 11.0. The van der Waals surface area contributed by atoms with Gasteiger partial charge in [-0.15, -0.1) is 0 Å². The molecule has 13 heavy (non-hydrogen) atoms. The quantitative estimate of drug-likeness (QED) is 0.615. The summed E-state index contributed by atoms with van der Waals surface area (Å²) >= 11 is 0. The molecule has 78 valence electrons. The smallest absolute Gasteiger partial charge is 0.316 e. The van der Waals surface area contributed by atoms with E-state index >= 15 is 0 Å². The monoisotopic (exact) mass is 192 g/mol. The molecule has 0 aliphatic rings. The van der Waals surface area contributed by atoms with E-state index in [0.717, 1.165) is 0 Å². The van der Waals surface area contributed by atoms with Gasteiger partial charge in [0.05, 0.1) is 19.8 Å². The van der Waals surface area contributed by atoms with Gasteiger partial charge in [-0.2, -0.15) is 0 Å². The summed E-state index contributed by atoms with van der Waals surface area (Å²) in [7, 11) is 4.34. The first-order chi connectivity index (χ1) is 6.13. The van der Waals surface area contributed by atoms with Gasteiger partial charge >= 0.3 is 5.97 Å². The van der Waals surface area contributed by atoms with Crippen LogP contribution in [0.4, 0.5) is 0 Å². The van der Waals surface area contributed by atoms with E-state index in [1.54, 1.807) is 0 Å². The second kappa shape index (κ2) is 5.90. The van der Waals surface area contributed by atoms with E-state index in [0.29, 0.717) is 0 Å². The molecule has 0 radical (unpaired) electrons. The molecule has 1 N–H and O–H groups in total. The zero-order valence-electron chi connectivity index (χ0n) is 8.20. The van der Waals surface area contributed by atoms with Crippen molar-refractivity contribution in [3.63, 3.8) is 0 Å². The molecule has 5 heteroatoms. The van der Waals surface area contributed by atoms with E-state index in [2.05, 4.69) is 0 Å². The van der Waals surface area contributed by atoms with E-state index in [9.17, 15) is 4.79 Å². The van der Waals surface area contributed by atoms with Crippen LogP contribution in [0, 0.1) is 5.41 Å². The molecule has 0 heterocycles. The van der Waals surface area contributed by atoms with Crippen molar-refractivity contribution in [3.05, 3.63) is 0 Å². The van der Waals surface area contributed by atoms with Crippen molar-refractivity contribution in [3.8, 4) is 0 Å². The third-order valence-corrected chi connectivity index (χ3v) is 1.72. The molecule has 0 aromatic carbocycles. The highest BCUT2D eigenvalue weighted by molar-refractivity contribution is 5.75. The Morgan fingerprint density at radius 3 is 1.54 bits per heavy atom. The molecule has 0 amide bonds. The molecule has 0 saturated carbocycles. The Bertz CT molecular complexity index is 140. The topological polar surface area (TPSA) is 65.0 Å². The largest absolute Gasteiger partial charge is 0.481 e. The Morgan fingerprint density at radius 1 is 1.08 bits per heavy atom. The number of carbonyl (C=O) groups is 1. The van der Waals surface area contributed by atoms with Gasteiger partial charge in [0.25, 0.3) is 0 Å². The summed E-state index contributed by atoms with van der Waals surface area (Å²) in [6.07, 6.45) is 0. The fraction of sp³-hybridized carbons (Fsp3) is 0.875. The maximum atomic E-state index is 11.0. The first kappa shape index (κ1) is 12.3. The molecule has 0 rings (SSSR count). The van der Waals surface area contributed by atoms with Gasteiger partial charge in [-0.25, -0.2) is 0 Å². The van der Waals surface area contributed by atoms with Crippen LogP contribution in [0.5, 0.6) is 0 Å². The third kappa shape index (κ3) is 3.30. The van der Waals surface area contributed by atoms with Gasteiger partial charge in [0.15, 0.2) is 0 Å². The Hall–Kier alpha value is -0.650. The van der Waals surface area contributed by atoms with Crippen molar-refractivity contribution < 1.29 is 24.1 Å². The Morgan fingerprint density at radius 2 is 1.38 bits per heavy atom. The molecule has 0 aromatic heterocycles. The van der Waals surface area contributed by atoms with Crippen LogP contribution in [-0.2, 0) is 19.0 Å². The lowest BCUT2D eigenvalue weighted by Crippen LogP contribution is -2.43. The molecular formula is C8H16O5. The highest BCUT2D eigenvalue weighted by atomic mass is 16.5. The van der Waals surface area contributed by atoms with Gasteiger partial charge < -0.3 is 19.3 Å². The minimum absolute atomic E-state index is 0.0734. The van der Waals surface area contributed by atoms with Gasteiger partial charge in [-0.05, 0) is 0 Å². The number of ether oxygens (including phenoxy) is 3. The maximum Gasteiger partial charge on any atom is 0.316 e. The van der Waals surface area contributed by atoms with Crippen molar-refractivity contribution >= 4 is 5.97 Å². The number of aliphatic carboxylic acids is 1. The molecule has 0 unspecified atom stereocenters. The molecule has 0 bridgehead atoms. The highest BCUT2D eigenvalue weighted by Crippen LogP contribution is 2.18. The number of hydrogen-bond donors (Lipinski definition) is 1. The number of carboxylic acid groups (broad SMARTS) is 1. The van der Waals surface area contributed by atoms with Crippen LogP contribution >= 0.6 is 0 Å². The average molecular weight is 192 g/mol. The number of rotatable bonds is 7. The van der Waals surface area contributed by atoms with E-state index in [-0.39, 0.29) is 19.8 Å². The van der Waals surface area contributed by atoms with E-state index in [1.807, 2.05) is 0 Å². The molecule has 0 aromatic rings. The molecule has 0 fully saturated rings. The first-order valence-electron chi connectivity index (χ1n) is 3.83. The van der Waals surface area contributed by atoms with Crippen LogP contribution in [0.25, 0.3) is 0 Å². The standard InChI is InChI=1S/C8H16O5/c1-11-4-8(5-12-2,6-13-3)7(9)10/h4-6H2,1-3H3,(H,9,10). The summed E-state index contributed by atoms with van der Waals surface area (Å²) in [6.45, 7) is 0.220. The lowest BCUT2D eigenvalue weighted by atomic mass is 9.91. The lowest BCUT2D eigenvalue weighted by Gasteiger charge is -2.26. The van der Waals surface area contributed by atoms with E-state index < -0.39 is 11.4 Å². The summed E-state index contributed by atoms with van der Waals surface area (Å²) in [5.41, 5.74) is -1.10. The van der Waals surface area contributed by atoms with Crippen LogP contribution in [0.2, 0.25) is 0 Å². The SMILES string of the molecule is COCC(COC)(COC)C(=O)O. The zero-order valence-corrected chi connectivity index (χ0v) is 8.20. The zero-order chi connectivity index (χ0) is 10.3. The Kier molecular flexibility index (Phi) is 5.61. The highest BCUT2D eigenvalue weighted by Gasteiger charge is 2.39. The van der Waals surface area contributed by atoms with Gasteiger partial charge in [-0.3, -0.25) is 4.79 Å². The Labute approximate surface area is 77.6 Å². The predicted molar refractivity (Wildman–Crippen MR) is 45.7 cm³/mol. The lowest BCUT2D eigenvalue weighted by molar-refractivity contribution is -0.161. The van der Waals surface area contributed by atoms with Crippen LogP contribution in [-0.4, -0.2) is 52.2 Å². The average Bonchev–Trinajstić information content (AvgIpc) is 2.05. The van der Waals surface area contributed by atoms with Gasteiger partial charge in [0.1, 0.15) is 5.41 Å². The van der Waals surface area contributed by atoms with Crippen molar-refractivity contribution in [1.82, 2.24) is 0 Å². The van der Waals surface area contributed by atoms with E-state index in [4.69, 9.17) is 19.3 Å². The first-order valence-corrected chi connectivity index (χ1v) is 3.83. The molecule has 0 atom stereocenters. The third-order valence-electron chi connectivity index (χ3n) is 1.72. The molecule has 0 aliphatic heterocycles. The molecular weight excluding hydrogens is 176 g/mol. The van der Waals surface area contributed by atoms with E-state index in [1.165, 1.54) is 21.3 Å². The van der Waals surface area contributed by atoms with Crippen molar-refractivity contribution in [1.29, 1.82) is 0 Å². The minimum Gasteiger partial charge on any atom is -0.481 e. The second-order valence-electron chi connectivity index (χ2n) is 2.88. The number of hydrogen-bond acceptors (Lipinski definition) is 4. The second-order valence-corrected chi connectivity index (χ2v) is 2.88. The van der Waals surface area contributed by atoms with Crippen molar-refractivity contribution in [2.24, 2.45) is 5.41 Å².